The zero-order valence-electron chi connectivity index (χ0n) is 10.9. The maximum absolute atomic E-state index is 12.1. The van der Waals surface area contributed by atoms with E-state index in [1.165, 1.54) is 0 Å². The number of alkyl halides is 3. The van der Waals surface area contributed by atoms with E-state index in [-0.39, 0.29) is 12.1 Å². The number of nitrogens with two attached hydrogens (primary N) is 1. The van der Waals surface area contributed by atoms with Crippen molar-refractivity contribution < 1.29 is 18.0 Å². The fraction of sp³-hybridized carbons (Fsp3) is 0.923. The fourth-order valence-electron chi connectivity index (χ4n) is 3.54. The Labute approximate surface area is 111 Å². The van der Waals surface area contributed by atoms with E-state index in [0.717, 1.165) is 32.1 Å². The largest absolute Gasteiger partial charge is 0.389 e. The van der Waals surface area contributed by atoms with Gasteiger partial charge in [0.05, 0.1) is 6.42 Å². The minimum atomic E-state index is -4.26. The first kappa shape index (κ1) is 14.6. The van der Waals surface area contributed by atoms with E-state index in [9.17, 15) is 18.0 Å². The van der Waals surface area contributed by atoms with Gasteiger partial charge in [0.2, 0.25) is 5.91 Å². The van der Waals surface area contributed by atoms with E-state index in [1.807, 2.05) is 0 Å². The van der Waals surface area contributed by atoms with Gasteiger partial charge in [-0.15, -0.1) is 0 Å². The lowest BCUT2D eigenvalue weighted by molar-refractivity contribution is -0.145. The molecule has 0 aromatic carbocycles. The van der Waals surface area contributed by atoms with Crippen LogP contribution in [0.25, 0.3) is 0 Å². The molecule has 110 valence electrons. The number of halogens is 3. The van der Waals surface area contributed by atoms with E-state index in [0.29, 0.717) is 11.8 Å². The molecule has 0 aromatic rings. The Morgan fingerprint density at radius 1 is 1.21 bits per heavy atom. The first-order chi connectivity index (χ1) is 8.85. The van der Waals surface area contributed by atoms with Crippen LogP contribution in [0.2, 0.25) is 0 Å². The topological polar surface area (TPSA) is 55.1 Å². The molecule has 0 saturated heterocycles. The molecule has 1 amide bonds. The molecule has 2 atom stereocenters. The van der Waals surface area contributed by atoms with Gasteiger partial charge in [-0.1, -0.05) is 6.42 Å². The summed E-state index contributed by atoms with van der Waals surface area (Å²) in [6.45, 7) is 0. The predicted octanol–water partition coefficient (Wildman–Crippen LogP) is 2.35. The molecule has 2 fully saturated rings. The van der Waals surface area contributed by atoms with E-state index in [4.69, 9.17) is 5.73 Å². The summed E-state index contributed by atoms with van der Waals surface area (Å²) in [7, 11) is 0. The lowest BCUT2D eigenvalue weighted by Gasteiger charge is -2.45. The molecule has 0 heterocycles. The monoisotopic (exact) mass is 278 g/mol. The number of carbonyl (C=O) groups is 1. The van der Waals surface area contributed by atoms with Gasteiger partial charge in [-0.05, 0) is 37.5 Å². The maximum Gasteiger partial charge on any atom is 0.389 e. The molecule has 2 bridgehead atoms. The summed E-state index contributed by atoms with van der Waals surface area (Å²) in [5.74, 6) is 0.212. The lowest BCUT2D eigenvalue weighted by Crippen LogP contribution is -2.53. The van der Waals surface area contributed by atoms with E-state index >= 15 is 0 Å². The van der Waals surface area contributed by atoms with Crippen LogP contribution >= 0.6 is 0 Å². The molecule has 2 saturated carbocycles. The fourth-order valence-corrected chi connectivity index (χ4v) is 3.54. The zero-order valence-corrected chi connectivity index (χ0v) is 10.9. The van der Waals surface area contributed by atoms with Crippen LogP contribution in [0.5, 0.6) is 0 Å². The second-order valence-electron chi connectivity index (χ2n) is 5.89. The molecule has 3 N–H and O–H groups in total. The quantitative estimate of drug-likeness (QED) is 0.832. The van der Waals surface area contributed by atoms with Crippen LogP contribution in [0.15, 0.2) is 0 Å². The molecule has 2 unspecified atom stereocenters. The van der Waals surface area contributed by atoms with Crippen molar-refractivity contribution in [3.8, 4) is 0 Å². The van der Waals surface area contributed by atoms with Gasteiger partial charge in [0.15, 0.2) is 0 Å². The summed E-state index contributed by atoms with van der Waals surface area (Å²) in [5, 5.41) is 2.82. The molecular weight excluding hydrogens is 257 g/mol. The highest BCUT2D eigenvalue weighted by Gasteiger charge is 2.40. The number of fused-ring (bicyclic) bond motifs is 2. The highest BCUT2D eigenvalue weighted by Crippen LogP contribution is 2.39. The van der Waals surface area contributed by atoms with Crippen LogP contribution in [0.3, 0.4) is 0 Å². The predicted molar refractivity (Wildman–Crippen MR) is 65.3 cm³/mol. The van der Waals surface area contributed by atoms with Crippen LogP contribution in [0.1, 0.15) is 44.9 Å². The van der Waals surface area contributed by atoms with Crippen LogP contribution in [0, 0.1) is 11.8 Å². The number of nitrogens with one attached hydrogen (secondary N) is 1. The summed E-state index contributed by atoms with van der Waals surface area (Å²) >= 11 is 0. The Bertz CT molecular complexity index is 318. The van der Waals surface area contributed by atoms with Crippen LogP contribution < -0.4 is 11.1 Å². The smallest absolute Gasteiger partial charge is 0.353 e. The van der Waals surface area contributed by atoms with E-state index in [1.54, 1.807) is 0 Å². The molecule has 0 aliphatic heterocycles. The third-order valence-electron chi connectivity index (χ3n) is 4.34. The molecule has 2 aliphatic carbocycles. The second-order valence-corrected chi connectivity index (χ2v) is 5.89. The van der Waals surface area contributed by atoms with Crippen molar-refractivity contribution in [3.05, 3.63) is 0 Å². The van der Waals surface area contributed by atoms with Gasteiger partial charge >= 0.3 is 6.18 Å². The summed E-state index contributed by atoms with van der Waals surface area (Å²) in [4.78, 5) is 11.6. The molecule has 2 aliphatic rings. The van der Waals surface area contributed by atoms with Crippen molar-refractivity contribution in [2.75, 3.05) is 0 Å². The second kappa shape index (κ2) is 5.69. The van der Waals surface area contributed by atoms with Gasteiger partial charge in [-0.25, -0.2) is 0 Å². The number of carbonyl (C=O) groups excluding carboxylic acids is 1. The first-order valence-electron chi connectivity index (χ1n) is 6.97. The molecule has 2 rings (SSSR count). The zero-order chi connectivity index (χ0) is 14.0. The molecule has 3 nitrogen and oxygen atoms in total. The normalized spacial score (nSPS) is 34.9. The van der Waals surface area contributed by atoms with Crippen LogP contribution in [-0.4, -0.2) is 24.2 Å². The van der Waals surface area contributed by atoms with Crippen molar-refractivity contribution >= 4 is 5.91 Å². The number of rotatable bonds is 3. The van der Waals surface area contributed by atoms with Gasteiger partial charge < -0.3 is 11.1 Å². The summed E-state index contributed by atoms with van der Waals surface area (Å²) < 4.78 is 36.2. The van der Waals surface area contributed by atoms with Crippen molar-refractivity contribution in [3.63, 3.8) is 0 Å². The van der Waals surface area contributed by atoms with Gasteiger partial charge in [0, 0.05) is 18.5 Å². The molecule has 0 aromatic heterocycles. The standard InChI is InChI=1S/C13H21F3N2O/c14-13(15,16)5-4-11(19)18-12-8-2-1-3-9(12)7-10(17)6-8/h8-10,12H,1-7,17H2,(H,18,19). The van der Waals surface area contributed by atoms with Crippen molar-refractivity contribution in [1.82, 2.24) is 5.32 Å². The number of amides is 1. The summed E-state index contributed by atoms with van der Waals surface area (Å²) in [6, 6.07) is 0.216. The van der Waals surface area contributed by atoms with Crippen LogP contribution in [-0.2, 0) is 4.79 Å². The molecule has 19 heavy (non-hydrogen) atoms. The Morgan fingerprint density at radius 3 is 2.32 bits per heavy atom. The Hall–Kier alpha value is -0.780. The third-order valence-corrected chi connectivity index (χ3v) is 4.34. The van der Waals surface area contributed by atoms with Gasteiger partial charge in [-0.2, -0.15) is 13.2 Å². The average Bonchev–Trinajstić information content (AvgIpc) is 2.27. The van der Waals surface area contributed by atoms with E-state index < -0.39 is 24.9 Å². The maximum atomic E-state index is 12.1. The molecule has 0 radical (unpaired) electrons. The minimum absolute atomic E-state index is 0.0364. The van der Waals surface area contributed by atoms with E-state index in [2.05, 4.69) is 5.32 Å². The molecular formula is C13H21F3N2O. The van der Waals surface area contributed by atoms with Gasteiger partial charge in [0.25, 0.3) is 0 Å². The Kier molecular flexibility index (Phi) is 4.38. The van der Waals surface area contributed by atoms with Crippen molar-refractivity contribution in [1.29, 1.82) is 0 Å². The van der Waals surface area contributed by atoms with Crippen molar-refractivity contribution in [2.45, 2.75) is 63.2 Å². The molecule has 0 spiro atoms. The Morgan fingerprint density at radius 2 is 1.79 bits per heavy atom. The van der Waals surface area contributed by atoms with Crippen LogP contribution in [0.4, 0.5) is 13.2 Å². The van der Waals surface area contributed by atoms with Gasteiger partial charge in [-0.3, -0.25) is 4.79 Å². The highest BCUT2D eigenvalue weighted by atomic mass is 19.4. The minimum Gasteiger partial charge on any atom is -0.353 e. The number of hydrogen-bond acceptors (Lipinski definition) is 2. The first-order valence-corrected chi connectivity index (χ1v) is 6.97. The van der Waals surface area contributed by atoms with Gasteiger partial charge in [0.1, 0.15) is 0 Å². The number of hydrogen-bond donors (Lipinski definition) is 2. The third kappa shape index (κ3) is 4.09. The SMILES string of the molecule is NC1CC2CCCC(C1)C2NC(=O)CCC(F)(F)F. The highest BCUT2D eigenvalue weighted by molar-refractivity contribution is 5.76. The molecule has 6 heteroatoms. The Balaban J connectivity index is 1.86. The van der Waals surface area contributed by atoms with Crippen molar-refractivity contribution in [2.24, 2.45) is 17.6 Å². The lowest BCUT2D eigenvalue weighted by atomic mass is 9.67. The average molecular weight is 278 g/mol. The summed E-state index contributed by atoms with van der Waals surface area (Å²) in [6.07, 6.45) is -0.838. The summed E-state index contributed by atoms with van der Waals surface area (Å²) in [5.41, 5.74) is 5.97.